The fraction of sp³-hybridized carbons (Fsp3) is 0.364. The molecule has 0 saturated heterocycles. The number of carbonyl (C=O) groups is 1. The van der Waals surface area contributed by atoms with Gasteiger partial charge in [-0.25, -0.2) is 4.98 Å². The first-order chi connectivity index (χ1) is 14.0. The van der Waals surface area contributed by atoms with Gasteiger partial charge in [0, 0.05) is 6.54 Å². The van der Waals surface area contributed by atoms with Crippen LogP contribution in [0.4, 0.5) is 5.82 Å². The summed E-state index contributed by atoms with van der Waals surface area (Å²) in [5.74, 6) is 1.51. The number of nitrogens with one attached hydrogen (secondary N) is 3. The number of ether oxygens (including phenoxy) is 1. The minimum Gasteiger partial charge on any atom is -0.492 e. The standard InChI is InChI=1S/C20H21N5O2.C2H6/c1-12-5-6-17-15(7-12)20(26)24-18-4-2-3-16(23-18)19(22)25(11-21)9-13-8-14(13)10-27-17;1-2/h2-7,11,13-14,21-22H,8-10H2,1H3,(H,23,24,26);1-2H3. The minimum absolute atomic E-state index is 0.154. The van der Waals surface area contributed by atoms with Crippen LogP contribution < -0.4 is 10.1 Å². The molecule has 29 heavy (non-hydrogen) atoms. The highest BCUT2D eigenvalue weighted by atomic mass is 16.5. The Kier molecular flexibility index (Phi) is 6.26. The smallest absolute Gasteiger partial charge is 0.260 e. The Morgan fingerprint density at radius 1 is 1.24 bits per heavy atom. The summed E-state index contributed by atoms with van der Waals surface area (Å²) >= 11 is 0. The third-order valence-corrected chi connectivity index (χ3v) is 5.01. The largest absolute Gasteiger partial charge is 0.492 e. The lowest BCUT2D eigenvalue weighted by Gasteiger charge is -2.20. The number of fused-ring (bicyclic) bond motifs is 4. The number of hydrogen-bond acceptors (Lipinski definition) is 5. The van der Waals surface area contributed by atoms with E-state index in [9.17, 15) is 4.79 Å². The van der Waals surface area contributed by atoms with Crippen molar-refractivity contribution in [1.82, 2.24) is 9.88 Å². The van der Waals surface area contributed by atoms with Crippen LogP contribution >= 0.6 is 0 Å². The van der Waals surface area contributed by atoms with Crippen LogP contribution in [0.25, 0.3) is 0 Å². The fourth-order valence-electron chi connectivity index (χ4n) is 3.31. The monoisotopic (exact) mass is 393 g/mol. The number of hydrogen-bond donors (Lipinski definition) is 3. The zero-order valence-corrected chi connectivity index (χ0v) is 17.0. The number of anilines is 1. The summed E-state index contributed by atoms with van der Waals surface area (Å²) < 4.78 is 5.95. The van der Waals surface area contributed by atoms with Crippen LogP contribution in [0.2, 0.25) is 0 Å². The van der Waals surface area contributed by atoms with Gasteiger partial charge in [0.05, 0.1) is 18.5 Å². The van der Waals surface area contributed by atoms with Crippen molar-refractivity contribution in [2.75, 3.05) is 18.5 Å². The van der Waals surface area contributed by atoms with Crippen molar-refractivity contribution in [3.8, 4) is 5.75 Å². The first-order valence-electron chi connectivity index (χ1n) is 9.93. The quantitative estimate of drug-likeness (QED) is 0.504. The molecule has 1 saturated carbocycles. The number of pyridine rings is 1. The number of aryl methyl sites for hydroxylation is 1. The number of amidine groups is 1. The van der Waals surface area contributed by atoms with E-state index >= 15 is 0 Å². The summed E-state index contributed by atoms with van der Waals surface area (Å²) in [7, 11) is 0. The molecule has 7 nitrogen and oxygen atoms in total. The molecule has 1 fully saturated rings. The molecule has 2 aliphatic rings. The van der Waals surface area contributed by atoms with Gasteiger partial charge in [-0.2, -0.15) is 0 Å². The first kappa shape index (κ1) is 20.5. The lowest BCUT2D eigenvalue weighted by molar-refractivity contribution is 0.102. The van der Waals surface area contributed by atoms with Gasteiger partial charge in [0.15, 0.2) is 5.84 Å². The summed E-state index contributed by atoms with van der Waals surface area (Å²) in [5.41, 5.74) is 1.88. The molecule has 0 radical (unpaired) electrons. The van der Waals surface area contributed by atoms with Gasteiger partial charge in [0.2, 0.25) is 0 Å². The molecule has 2 heterocycles. The molecule has 2 aromatic rings. The van der Waals surface area contributed by atoms with Gasteiger partial charge in [-0.1, -0.05) is 31.5 Å². The topological polar surface area (TPSA) is 102 Å². The van der Waals surface area contributed by atoms with E-state index in [4.69, 9.17) is 15.6 Å². The number of nitrogens with zero attached hydrogens (tertiary/aromatic N) is 2. The third kappa shape index (κ3) is 4.62. The van der Waals surface area contributed by atoms with Crippen molar-refractivity contribution in [2.45, 2.75) is 27.2 Å². The Labute approximate surface area is 171 Å². The lowest BCUT2D eigenvalue weighted by Crippen LogP contribution is -2.32. The average molecular weight is 393 g/mol. The van der Waals surface area contributed by atoms with Crippen LogP contribution in [-0.4, -0.2) is 41.1 Å². The molecule has 2 atom stereocenters. The van der Waals surface area contributed by atoms with E-state index in [0.717, 1.165) is 18.3 Å². The van der Waals surface area contributed by atoms with Crippen molar-refractivity contribution in [3.05, 3.63) is 53.2 Å². The number of carbonyl (C=O) groups excluding carboxylic acids is 1. The molecule has 2 unspecified atom stereocenters. The second-order valence-electron chi connectivity index (χ2n) is 7.06. The number of rotatable bonds is 1. The highest BCUT2D eigenvalue weighted by Crippen LogP contribution is 2.40. The van der Waals surface area contributed by atoms with E-state index in [1.54, 1.807) is 23.1 Å². The van der Waals surface area contributed by atoms with E-state index in [0.29, 0.717) is 47.8 Å². The molecule has 1 aliphatic heterocycles. The van der Waals surface area contributed by atoms with Crippen LogP contribution in [0.1, 0.15) is 41.9 Å². The Morgan fingerprint density at radius 3 is 2.79 bits per heavy atom. The van der Waals surface area contributed by atoms with Gasteiger partial charge < -0.3 is 15.0 Å². The maximum absolute atomic E-state index is 12.8. The molecule has 152 valence electrons. The number of aromatic nitrogens is 1. The normalized spacial score (nSPS) is 20.6. The highest BCUT2D eigenvalue weighted by Gasteiger charge is 2.39. The van der Waals surface area contributed by atoms with Crippen LogP contribution in [0.3, 0.4) is 0 Å². The first-order valence-corrected chi connectivity index (χ1v) is 9.93. The molecule has 2 bridgehead atoms. The minimum atomic E-state index is -0.293. The zero-order chi connectivity index (χ0) is 21.0. The molecule has 1 aromatic carbocycles. The molecule has 7 heteroatoms. The summed E-state index contributed by atoms with van der Waals surface area (Å²) in [5, 5.41) is 18.8. The van der Waals surface area contributed by atoms with Crippen LogP contribution in [0.5, 0.6) is 5.75 Å². The predicted molar refractivity (Wildman–Crippen MR) is 114 cm³/mol. The Morgan fingerprint density at radius 2 is 2.03 bits per heavy atom. The van der Waals surface area contributed by atoms with Crippen molar-refractivity contribution in [2.24, 2.45) is 11.8 Å². The lowest BCUT2D eigenvalue weighted by atomic mass is 10.1. The van der Waals surface area contributed by atoms with Gasteiger partial charge in [-0.05, 0) is 49.4 Å². The maximum Gasteiger partial charge on any atom is 0.260 e. The molecule has 3 N–H and O–H groups in total. The summed E-state index contributed by atoms with van der Waals surface area (Å²) in [6.07, 6.45) is 2.15. The van der Waals surface area contributed by atoms with E-state index < -0.39 is 0 Å². The van der Waals surface area contributed by atoms with Crippen LogP contribution in [-0.2, 0) is 0 Å². The van der Waals surface area contributed by atoms with Crippen LogP contribution in [0, 0.1) is 29.6 Å². The van der Waals surface area contributed by atoms with E-state index in [-0.39, 0.29) is 11.7 Å². The maximum atomic E-state index is 12.8. The summed E-state index contributed by atoms with van der Waals surface area (Å²) in [4.78, 5) is 18.8. The van der Waals surface area contributed by atoms with Crippen molar-refractivity contribution < 1.29 is 9.53 Å². The molecule has 1 aromatic heterocycles. The van der Waals surface area contributed by atoms with Crippen molar-refractivity contribution >= 4 is 23.9 Å². The highest BCUT2D eigenvalue weighted by molar-refractivity contribution is 6.06. The number of benzene rings is 1. The number of amides is 1. The second kappa shape index (κ2) is 8.86. The molecular formula is C22H27N5O2. The fourth-order valence-corrected chi connectivity index (χ4v) is 3.31. The van der Waals surface area contributed by atoms with Crippen molar-refractivity contribution in [3.63, 3.8) is 0 Å². The van der Waals surface area contributed by atoms with E-state index in [1.807, 2.05) is 39.0 Å². The van der Waals surface area contributed by atoms with Crippen molar-refractivity contribution in [1.29, 1.82) is 10.8 Å². The Bertz CT molecular complexity index is 927. The van der Waals surface area contributed by atoms with Gasteiger partial charge in [0.25, 0.3) is 5.91 Å². The molecular weight excluding hydrogens is 366 g/mol. The van der Waals surface area contributed by atoms with Gasteiger partial charge in [-0.3, -0.25) is 15.6 Å². The molecule has 4 rings (SSSR count). The van der Waals surface area contributed by atoms with Gasteiger partial charge in [-0.15, -0.1) is 0 Å². The third-order valence-electron chi connectivity index (χ3n) is 5.01. The SMILES string of the molecule is CC.Cc1ccc2c(c1)C(=O)Nc1cccc(n1)C(=N)N(C=N)CC1CC1CO2. The average Bonchev–Trinajstić information content (AvgIpc) is 3.49. The van der Waals surface area contributed by atoms with Gasteiger partial charge >= 0.3 is 0 Å². The Hall–Kier alpha value is -3.22. The molecule has 1 amide bonds. The van der Waals surface area contributed by atoms with E-state index in [2.05, 4.69) is 10.3 Å². The second-order valence-corrected chi connectivity index (χ2v) is 7.06. The predicted octanol–water partition coefficient (Wildman–Crippen LogP) is 3.93. The summed E-state index contributed by atoms with van der Waals surface area (Å²) in [6.45, 7) is 7.05. The Balaban J connectivity index is 0.00000117. The summed E-state index contributed by atoms with van der Waals surface area (Å²) in [6, 6.07) is 10.7. The van der Waals surface area contributed by atoms with Crippen LogP contribution in [0.15, 0.2) is 36.4 Å². The zero-order valence-electron chi connectivity index (χ0n) is 17.0. The molecule has 1 aliphatic carbocycles. The van der Waals surface area contributed by atoms with Gasteiger partial charge in [0.1, 0.15) is 17.3 Å². The van der Waals surface area contributed by atoms with E-state index in [1.165, 1.54) is 0 Å². The molecule has 0 spiro atoms.